The van der Waals surface area contributed by atoms with Gasteiger partial charge in [-0.05, 0) is 12.1 Å². The lowest BCUT2D eigenvalue weighted by Crippen LogP contribution is -2.41. The monoisotopic (exact) mass is 391 g/mol. The minimum Gasteiger partial charge on any atom is -0.378 e. The van der Waals surface area contributed by atoms with E-state index in [0.717, 1.165) is 5.56 Å². The molecule has 8 heteroatoms. The highest BCUT2D eigenvalue weighted by Crippen LogP contribution is 2.17. The average Bonchev–Trinajstić information content (AvgIpc) is 3.14. The number of amides is 2. The van der Waals surface area contributed by atoms with Crippen LogP contribution in [0.2, 0.25) is 0 Å². The van der Waals surface area contributed by atoms with Crippen LogP contribution in [0.1, 0.15) is 21.1 Å². The lowest BCUT2D eigenvalue weighted by molar-refractivity contribution is 0.0292. The van der Waals surface area contributed by atoms with Gasteiger partial charge in [-0.25, -0.2) is 9.97 Å². The van der Waals surface area contributed by atoms with E-state index in [-0.39, 0.29) is 23.3 Å². The predicted molar refractivity (Wildman–Crippen MR) is 108 cm³/mol. The minimum absolute atomic E-state index is 0.180. The number of rotatable bonds is 4. The molecule has 3 heterocycles. The predicted octanol–water partition coefficient (Wildman–Crippen LogP) is 2.21. The fourth-order valence-electron chi connectivity index (χ4n) is 3.14. The lowest BCUT2D eigenvalue weighted by Gasteiger charge is -2.26. The van der Waals surface area contributed by atoms with Crippen LogP contribution < -0.4 is 5.32 Å². The highest BCUT2D eigenvalue weighted by molar-refractivity contribution is 6.03. The van der Waals surface area contributed by atoms with Gasteiger partial charge in [0.2, 0.25) is 5.82 Å². The quantitative estimate of drug-likeness (QED) is 0.737. The van der Waals surface area contributed by atoms with E-state index in [4.69, 9.17) is 4.74 Å². The molecule has 0 unspecified atom stereocenters. The number of aryl methyl sites for hydroxylation is 1. The maximum Gasteiger partial charge on any atom is 0.290 e. The van der Waals surface area contributed by atoms with E-state index < -0.39 is 0 Å². The molecule has 4 rings (SSSR count). The van der Waals surface area contributed by atoms with Crippen LogP contribution in [0.25, 0.3) is 11.3 Å². The summed E-state index contributed by atoms with van der Waals surface area (Å²) in [5, 5.41) is 2.73. The molecule has 0 atom stereocenters. The average molecular weight is 391 g/mol. The van der Waals surface area contributed by atoms with Crippen LogP contribution in [0.5, 0.6) is 0 Å². The van der Waals surface area contributed by atoms with Gasteiger partial charge in [0.25, 0.3) is 11.8 Å². The van der Waals surface area contributed by atoms with Crippen molar-refractivity contribution in [3.05, 3.63) is 66.2 Å². The number of pyridine rings is 1. The molecule has 148 valence electrons. The van der Waals surface area contributed by atoms with Gasteiger partial charge in [-0.15, -0.1) is 0 Å². The molecule has 1 saturated heterocycles. The molecule has 1 N–H and O–H groups in total. The number of hydrogen-bond acceptors (Lipinski definition) is 5. The van der Waals surface area contributed by atoms with Gasteiger partial charge >= 0.3 is 0 Å². The van der Waals surface area contributed by atoms with Crippen molar-refractivity contribution >= 4 is 17.6 Å². The molecule has 1 aromatic carbocycles. The van der Waals surface area contributed by atoms with Crippen LogP contribution in [-0.4, -0.2) is 57.6 Å². The maximum atomic E-state index is 12.7. The number of nitrogens with one attached hydrogen (secondary N) is 1. The molecule has 29 heavy (non-hydrogen) atoms. The molecule has 3 aromatic rings. The zero-order valence-corrected chi connectivity index (χ0v) is 16.0. The number of ether oxygens (including phenoxy) is 1. The van der Waals surface area contributed by atoms with E-state index in [2.05, 4.69) is 15.3 Å². The highest BCUT2D eigenvalue weighted by atomic mass is 16.5. The molecule has 2 aromatic heterocycles. The second-order valence-corrected chi connectivity index (χ2v) is 6.69. The number of aromatic nitrogens is 3. The maximum absolute atomic E-state index is 12.7. The third-order valence-corrected chi connectivity index (χ3v) is 4.66. The first kappa shape index (κ1) is 18.8. The van der Waals surface area contributed by atoms with Gasteiger partial charge in [-0.2, -0.15) is 0 Å². The highest BCUT2D eigenvalue weighted by Gasteiger charge is 2.23. The van der Waals surface area contributed by atoms with E-state index in [0.29, 0.717) is 37.8 Å². The summed E-state index contributed by atoms with van der Waals surface area (Å²) in [6.07, 6.45) is 1.62. The minimum atomic E-state index is -0.383. The van der Waals surface area contributed by atoms with Crippen molar-refractivity contribution in [3.63, 3.8) is 0 Å². The smallest absolute Gasteiger partial charge is 0.290 e. The number of anilines is 1. The number of nitrogens with zero attached hydrogens (tertiary/aromatic N) is 4. The van der Waals surface area contributed by atoms with Crippen LogP contribution in [0.3, 0.4) is 0 Å². The van der Waals surface area contributed by atoms with Gasteiger partial charge in [-0.1, -0.05) is 36.4 Å². The zero-order chi connectivity index (χ0) is 20.2. The van der Waals surface area contributed by atoms with Crippen molar-refractivity contribution in [2.24, 2.45) is 7.05 Å². The Kier molecular flexibility index (Phi) is 5.35. The number of imidazole rings is 1. The fourth-order valence-corrected chi connectivity index (χ4v) is 3.14. The van der Waals surface area contributed by atoms with E-state index in [1.54, 1.807) is 34.8 Å². The van der Waals surface area contributed by atoms with Crippen LogP contribution in [0, 0.1) is 0 Å². The van der Waals surface area contributed by atoms with Gasteiger partial charge in [0.05, 0.1) is 18.9 Å². The van der Waals surface area contributed by atoms with Crippen LogP contribution in [0.4, 0.5) is 5.82 Å². The van der Waals surface area contributed by atoms with Crippen LogP contribution >= 0.6 is 0 Å². The van der Waals surface area contributed by atoms with Crippen molar-refractivity contribution in [1.82, 2.24) is 19.4 Å². The van der Waals surface area contributed by atoms with Gasteiger partial charge in [-0.3, -0.25) is 9.59 Å². The molecule has 0 bridgehead atoms. The largest absolute Gasteiger partial charge is 0.378 e. The molecule has 0 radical (unpaired) electrons. The Morgan fingerprint density at radius 2 is 1.76 bits per heavy atom. The summed E-state index contributed by atoms with van der Waals surface area (Å²) >= 11 is 0. The van der Waals surface area contributed by atoms with Crippen molar-refractivity contribution in [2.45, 2.75) is 0 Å². The van der Waals surface area contributed by atoms with Crippen molar-refractivity contribution in [1.29, 1.82) is 0 Å². The Morgan fingerprint density at radius 1 is 1.00 bits per heavy atom. The van der Waals surface area contributed by atoms with Gasteiger partial charge in [0, 0.05) is 31.9 Å². The zero-order valence-electron chi connectivity index (χ0n) is 16.0. The summed E-state index contributed by atoms with van der Waals surface area (Å²) in [7, 11) is 1.73. The summed E-state index contributed by atoms with van der Waals surface area (Å²) < 4.78 is 6.89. The SMILES string of the molecule is Cn1cc(NC(=O)c2cccc(-c3ccccc3)n2)nc1C(=O)N1CCOCC1. The summed E-state index contributed by atoms with van der Waals surface area (Å²) in [5.41, 5.74) is 1.92. The molecule has 2 amide bonds. The first-order chi connectivity index (χ1) is 14.1. The second kappa shape index (κ2) is 8.24. The number of morpholine rings is 1. The van der Waals surface area contributed by atoms with Crippen LogP contribution in [-0.2, 0) is 11.8 Å². The Labute approximate surface area is 168 Å². The fraction of sp³-hybridized carbons (Fsp3) is 0.238. The Bertz CT molecular complexity index is 1030. The molecule has 0 spiro atoms. The number of carbonyl (C=O) groups is 2. The molecule has 8 nitrogen and oxygen atoms in total. The summed E-state index contributed by atoms with van der Waals surface area (Å²) in [6, 6.07) is 14.9. The van der Waals surface area contributed by atoms with Crippen molar-refractivity contribution in [3.8, 4) is 11.3 Å². The van der Waals surface area contributed by atoms with E-state index in [1.807, 2.05) is 36.4 Å². The lowest BCUT2D eigenvalue weighted by atomic mass is 10.1. The van der Waals surface area contributed by atoms with E-state index in [1.165, 1.54) is 0 Å². The van der Waals surface area contributed by atoms with Crippen LogP contribution in [0.15, 0.2) is 54.7 Å². The molecule has 0 aliphatic carbocycles. The standard InChI is InChI=1S/C21H21N5O3/c1-25-14-18(23-19(25)21(28)26-10-12-29-13-11-26)24-20(27)17-9-5-8-16(22-17)15-6-3-2-4-7-15/h2-9,14H,10-13H2,1H3,(H,24,27). The van der Waals surface area contributed by atoms with E-state index >= 15 is 0 Å². The second-order valence-electron chi connectivity index (χ2n) is 6.69. The van der Waals surface area contributed by atoms with Gasteiger partial charge in [0.1, 0.15) is 5.69 Å². The van der Waals surface area contributed by atoms with Crippen molar-refractivity contribution in [2.75, 3.05) is 31.6 Å². The Hall–Kier alpha value is -3.52. The number of carbonyl (C=O) groups excluding carboxylic acids is 2. The van der Waals surface area contributed by atoms with E-state index in [9.17, 15) is 9.59 Å². The third-order valence-electron chi connectivity index (χ3n) is 4.66. The first-order valence-corrected chi connectivity index (χ1v) is 9.36. The number of hydrogen-bond donors (Lipinski definition) is 1. The summed E-state index contributed by atoms with van der Waals surface area (Å²) in [6.45, 7) is 2.10. The summed E-state index contributed by atoms with van der Waals surface area (Å²) in [5.74, 6) is 0.0148. The Balaban J connectivity index is 1.50. The van der Waals surface area contributed by atoms with Gasteiger partial charge < -0.3 is 19.5 Å². The molecule has 1 fully saturated rings. The third kappa shape index (κ3) is 4.17. The Morgan fingerprint density at radius 3 is 2.52 bits per heavy atom. The first-order valence-electron chi connectivity index (χ1n) is 9.36. The topological polar surface area (TPSA) is 89.3 Å². The van der Waals surface area contributed by atoms with Gasteiger partial charge in [0.15, 0.2) is 5.82 Å². The molecule has 0 saturated carbocycles. The summed E-state index contributed by atoms with van der Waals surface area (Å²) in [4.78, 5) is 35.7. The normalized spacial score (nSPS) is 13.9. The molecular formula is C21H21N5O3. The molecule has 1 aliphatic heterocycles. The number of benzene rings is 1. The van der Waals surface area contributed by atoms with Crippen molar-refractivity contribution < 1.29 is 14.3 Å². The molecular weight excluding hydrogens is 370 g/mol. The molecule has 1 aliphatic rings.